The van der Waals surface area contributed by atoms with Crippen LogP contribution in [0.5, 0.6) is 0 Å². The zero-order chi connectivity index (χ0) is 13.7. The monoisotopic (exact) mass is 311 g/mol. The number of benzene rings is 1. The van der Waals surface area contributed by atoms with Crippen molar-refractivity contribution in [3.8, 4) is 0 Å². The van der Waals surface area contributed by atoms with E-state index in [2.05, 4.69) is 16.4 Å². The third-order valence-electron chi connectivity index (χ3n) is 2.28. The fraction of sp³-hybridized carbons (Fsp3) is 0. The molecular formula is C13H10ClNO2S2. The molecule has 0 atom stereocenters. The maximum atomic E-state index is 10.6. The molecule has 3 nitrogen and oxygen atoms in total. The Morgan fingerprint density at radius 3 is 2.37 bits per heavy atom. The summed E-state index contributed by atoms with van der Waals surface area (Å²) in [4.78, 5) is 4.13. The Balaban J connectivity index is 0.000000141. The summed E-state index contributed by atoms with van der Waals surface area (Å²) in [6.45, 7) is 0. The molecule has 0 aliphatic heterocycles. The number of hydrogen-bond acceptors (Lipinski definition) is 4. The summed E-state index contributed by atoms with van der Waals surface area (Å²) >= 11 is 1.75. The van der Waals surface area contributed by atoms with Crippen LogP contribution in [0.4, 0.5) is 0 Å². The van der Waals surface area contributed by atoms with Gasteiger partial charge in [0.1, 0.15) is 0 Å². The molecule has 2 heterocycles. The van der Waals surface area contributed by atoms with Gasteiger partial charge in [0.25, 0.3) is 9.05 Å². The first-order chi connectivity index (χ1) is 9.07. The van der Waals surface area contributed by atoms with E-state index in [1.165, 1.54) is 22.2 Å². The largest absolute Gasteiger partial charge is 0.264 e. The molecule has 0 aliphatic carbocycles. The lowest BCUT2D eigenvalue weighted by molar-refractivity contribution is 0.609. The standard InChI is InChI=1S/C7H5NS.C6H5ClO2S/c1-3-8-5-6-2-4-9-7(1)6;7-10(8,9)6-4-2-1-3-5-6/h1-5H;1-5H. The molecule has 2 aromatic heterocycles. The molecule has 3 aromatic rings. The molecule has 0 bridgehead atoms. The molecule has 0 saturated heterocycles. The molecule has 0 unspecified atom stereocenters. The van der Waals surface area contributed by atoms with Crippen LogP contribution < -0.4 is 0 Å². The number of thiophene rings is 1. The van der Waals surface area contributed by atoms with Gasteiger partial charge in [0.05, 0.1) is 4.90 Å². The number of rotatable bonds is 1. The molecule has 0 N–H and O–H groups in total. The first-order valence-corrected chi connectivity index (χ1v) is 8.53. The molecule has 3 rings (SSSR count). The van der Waals surface area contributed by atoms with E-state index in [9.17, 15) is 8.42 Å². The van der Waals surface area contributed by atoms with Crippen LogP contribution in [0.2, 0.25) is 0 Å². The van der Waals surface area contributed by atoms with Crippen LogP contribution >= 0.6 is 22.0 Å². The lowest BCUT2D eigenvalue weighted by Crippen LogP contribution is -1.87. The summed E-state index contributed by atoms with van der Waals surface area (Å²) in [5.41, 5.74) is 0. The quantitative estimate of drug-likeness (QED) is 0.640. The summed E-state index contributed by atoms with van der Waals surface area (Å²) in [5.74, 6) is 0. The Morgan fingerprint density at radius 1 is 1.05 bits per heavy atom. The fourth-order valence-corrected chi connectivity index (χ4v) is 2.94. The Morgan fingerprint density at radius 2 is 1.79 bits per heavy atom. The van der Waals surface area contributed by atoms with E-state index in [1.807, 2.05) is 18.5 Å². The van der Waals surface area contributed by atoms with Gasteiger partial charge in [-0.15, -0.1) is 11.3 Å². The smallest absolute Gasteiger partial charge is 0.261 e. The Bertz CT molecular complexity index is 724. The number of nitrogens with zero attached hydrogens (tertiary/aromatic N) is 1. The highest BCUT2D eigenvalue weighted by atomic mass is 35.7. The van der Waals surface area contributed by atoms with Crippen molar-refractivity contribution in [1.82, 2.24) is 4.98 Å². The fourth-order valence-electron chi connectivity index (χ4n) is 1.39. The van der Waals surface area contributed by atoms with Gasteiger partial charge in [-0.25, -0.2) is 8.42 Å². The lowest BCUT2D eigenvalue weighted by atomic mass is 10.4. The van der Waals surface area contributed by atoms with Crippen molar-refractivity contribution in [3.05, 3.63) is 60.2 Å². The molecule has 0 aliphatic rings. The molecular weight excluding hydrogens is 302 g/mol. The zero-order valence-electron chi connectivity index (χ0n) is 9.73. The van der Waals surface area contributed by atoms with Crippen molar-refractivity contribution >= 4 is 41.2 Å². The molecule has 6 heteroatoms. The zero-order valence-corrected chi connectivity index (χ0v) is 12.1. The van der Waals surface area contributed by atoms with E-state index in [-0.39, 0.29) is 4.90 Å². The van der Waals surface area contributed by atoms with Gasteiger partial charge in [0, 0.05) is 33.2 Å². The van der Waals surface area contributed by atoms with Crippen LogP contribution in [0.1, 0.15) is 0 Å². The van der Waals surface area contributed by atoms with Gasteiger partial charge in [0.2, 0.25) is 0 Å². The lowest BCUT2D eigenvalue weighted by Gasteiger charge is -1.91. The Labute approximate surface area is 119 Å². The minimum absolute atomic E-state index is 0.136. The van der Waals surface area contributed by atoms with E-state index < -0.39 is 9.05 Å². The number of hydrogen-bond donors (Lipinski definition) is 0. The van der Waals surface area contributed by atoms with Crippen LogP contribution in [-0.2, 0) is 9.05 Å². The second-order valence-electron chi connectivity index (χ2n) is 3.59. The molecule has 19 heavy (non-hydrogen) atoms. The average molecular weight is 312 g/mol. The summed E-state index contributed by atoms with van der Waals surface area (Å²) < 4.78 is 22.5. The van der Waals surface area contributed by atoms with Crippen LogP contribution in [0.3, 0.4) is 0 Å². The third kappa shape index (κ3) is 4.02. The highest BCUT2D eigenvalue weighted by Crippen LogP contribution is 2.17. The first kappa shape index (κ1) is 14.0. The molecule has 0 spiro atoms. The maximum absolute atomic E-state index is 10.6. The second kappa shape index (κ2) is 6.14. The number of fused-ring (bicyclic) bond motifs is 1. The van der Waals surface area contributed by atoms with Gasteiger partial charge >= 0.3 is 0 Å². The Kier molecular flexibility index (Phi) is 4.52. The molecule has 0 amide bonds. The highest BCUT2D eigenvalue weighted by molar-refractivity contribution is 8.13. The second-order valence-corrected chi connectivity index (χ2v) is 7.10. The predicted octanol–water partition coefficient (Wildman–Crippen LogP) is 3.91. The van der Waals surface area contributed by atoms with E-state index in [4.69, 9.17) is 10.7 Å². The van der Waals surface area contributed by atoms with Gasteiger partial charge in [0.15, 0.2) is 0 Å². The topological polar surface area (TPSA) is 47.0 Å². The minimum atomic E-state index is -3.53. The molecule has 0 saturated carbocycles. The molecule has 0 fully saturated rings. The summed E-state index contributed by atoms with van der Waals surface area (Å²) in [6.07, 6.45) is 3.70. The summed E-state index contributed by atoms with van der Waals surface area (Å²) in [5, 5.41) is 3.31. The Hall–Kier alpha value is -1.43. The van der Waals surface area contributed by atoms with Crippen molar-refractivity contribution in [1.29, 1.82) is 0 Å². The first-order valence-electron chi connectivity index (χ1n) is 5.34. The van der Waals surface area contributed by atoms with Crippen molar-refractivity contribution < 1.29 is 8.42 Å². The minimum Gasteiger partial charge on any atom is -0.264 e. The molecule has 0 radical (unpaired) electrons. The van der Waals surface area contributed by atoms with Crippen molar-refractivity contribution in [2.24, 2.45) is 0 Å². The third-order valence-corrected chi connectivity index (χ3v) is 4.55. The maximum Gasteiger partial charge on any atom is 0.261 e. The van der Waals surface area contributed by atoms with Crippen LogP contribution in [-0.4, -0.2) is 13.4 Å². The van der Waals surface area contributed by atoms with Gasteiger partial charge in [-0.2, -0.15) is 0 Å². The average Bonchev–Trinajstić information content (AvgIpc) is 2.88. The van der Waals surface area contributed by atoms with Gasteiger partial charge in [-0.3, -0.25) is 4.98 Å². The van der Waals surface area contributed by atoms with E-state index in [0.717, 1.165) is 0 Å². The number of halogens is 1. The van der Waals surface area contributed by atoms with E-state index in [0.29, 0.717) is 0 Å². The predicted molar refractivity (Wildman–Crippen MR) is 79.1 cm³/mol. The van der Waals surface area contributed by atoms with E-state index >= 15 is 0 Å². The van der Waals surface area contributed by atoms with Gasteiger partial charge in [-0.1, -0.05) is 18.2 Å². The van der Waals surface area contributed by atoms with Crippen LogP contribution in [0.15, 0.2) is 65.1 Å². The van der Waals surface area contributed by atoms with Crippen molar-refractivity contribution in [3.63, 3.8) is 0 Å². The van der Waals surface area contributed by atoms with Gasteiger partial charge in [-0.05, 0) is 29.6 Å². The summed E-state index contributed by atoms with van der Waals surface area (Å²) in [7, 11) is 1.50. The van der Waals surface area contributed by atoms with Crippen LogP contribution in [0.25, 0.3) is 10.1 Å². The van der Waals surface area contributed by atoms with E-state index in [1.54, 1.807) is 29.5 Å². The van der Waals surface area contributed by atoms with Crippen molar-refractivity contribution in [2.45, 2.75) is 4.90 Å². The van der Waals surface area contributed by atoms with Crippen LogP contribution in [0, 0.1) is 0 Å². The normalized spacial score (nSPS) is 10.8. The molecule has 98 valence electrons. The SMILES string of the molecule is O=S(=O)(Cl)c1ccccc1.c1cc2sccc2cn1. The summed E-state index contributed by atoms with van der Waals surface area (Å²) in [6, 6.07) is 12.0. The van der Waals surface area contributed by atoms with Crippen molar-refractivity contribution in [2.75, 3.05) is 0 Å². The van der Waals surface area contributed by atoms with Gasteiger partial charge < -0.3 is 0 Å². The highest BCUT2D eigenvalue weighted by Gasteiger charge is 2.06. The number of aromatic nitrogens is 1. The number of pyridine rings is 1. The molecule has 1 aromatic carbocycles.